The summed E-state index contributed by atoms with van der Waals surface area (Å²) in [6.07, 6.45) is 2.04. The third-order valence-corrected chi connectivity index (χ3v) is 3.33. The first-order valence-electron chi connectivity index (χ1n) is 7.72. The molecule has 0 aromatic heterocycles. The minimum Gasteiger partial charge on any atom is -0.491 e. The van der Waals surface area contributed by atoms with Gasteiger partial charge in [0.1, 0.15) is 11.5 Å². The Labute approximate surface area is 126 Å². The molecule has 0 spiro atoms. The molecule has 1 N–H and O–H groups in total. The molecule has 116 valence electrons. The molecule has 0 saturated carbocycles. The lowest BCUT2D eigenvalue weighted by molar-refractivity contribution is 0.0945. The van der Waals surface area contributed by atoms with Crippen molar-refractivity contribution in [2.75, 3.05) is 6.54 Å². The summed E-state index contributed by atoms with van der Waals surface area (Å²) in [6, 6.07) is 5.39. The van der Waals surface area contributed by atoms with Gasteiger partial charge in [-0.1, -0.05) is 0 Å². The Morgan fingerprint density at radius 2 is 1.90 bits per heavy atom. The third-order valence-electron chi connectivity index (χ3n) is 3.33. The molecular formula is C17H25NO3. The lowest BCUT2D eigenvalue weighted by Gasteiger charge is -2.18. The van der Waals surface area contributed by atoms with Crippen LogP contribution in [0.5, 0.6) is 11.5 Å². The molecule has 21 heavy (non-hydrogen) atoms. The van der Waals surface area contributed by atoms with Gasteiger partial charge in [-0.3, -0.25) is 4.79 Å². The summed E-state index contributed by atoms with van der Waals surface area (Å²) in [6.45, 7) is 8.76. The SMILES string of the molecule is CC(C)Oc1ccc(OC(C)C)c(C(=O)C2CCCN2)c1. The number of Topliss-reactive ketones (excluding diaryl/α,β-unsaturated/α-hetero) is 1. The van der Waals surface area contributed by atoms with E-state index in [0.717, 1.165) is 19.4 Å². The summed E-state index contributed by atoms with van der Waals surface area (Å²) < 4.78 is 11.5. The number of nitrogens with one attached hydrogen (secondary N) is 1. The first-order valence-corrected chi connectivity index (χ1v) is 7.72. The Hall–Kier alpha value is -1.55. The first kappa shape index (κ1) is 15.8. The third kappa shape index (κ3) is 4.21. The van der Waals surface area contributed by atoms with Gasteiger partial charge in [-0.2, -0.15) is 0 Å². The Morgan fingerprint density at radius 3 is 2.48 bits per heavy atom. The number of ether oxygens (including phenoxy) is 2. The molecule has 1 saturated heterocycles. The molecule has 4 nitrogen and oxygen atoms in total. The summed E-state index contributed by atoms with van der Waals surface area (Å²) in [5, 5.41) is 3.25. The van der Waals surface area contributed by atoms with E-state index in [-0.39, 0.29) is 24.0 Å². The van der Waals surface area contributed by atoms with E-state index in [1.807, 2.05) is 39.8 Å². The fraction of sp³-hybridized carbons (Fsp3) is 0.588. The maximum Gasteiger partial charge on any atom is 0.183 e. The molecule has 0 radical (unpaired) electrons. The lowest BCUT2D eigenvalue weighted by Crippen LogP contribution is -2.31. The van der Waals surface area contributed by atoms with Crippen molar-refractivity contribution >= 4 is 5.78 Å². The zero-order valence-electron chi connectivity index (χ0n) is 13.3. The van der Waals surface area contributed by atoms with Crippen LogP contribution in [0.2, 0.25) is 0 Å². The quantitative estimate of drug-likeness (QED) is 0.818. The smallest absolute Gasteiger partial charge is 0.183 e. The molecule has 0 bridgehead atoms. The second-order valence-corrected chi connectivity index (χ2v) is 6.00. The number of carbonyl (C=O) groups excluding carboxylic acids is 1. The van der Waals surface area contributed by atoms with E-state index in [2.05, 4.69) is 5.32 Å². The van der Waals surface area contributed by atoms with Crippen LogP contribution in [0, 0.1) is 0 Å². The summed E-state index contributed by atoms with van der Waals surface area (Å²) in [7, 11) is 0. The van der Waals surface area contributed by atoms with Crippen molar-refractivity contribution in [2.45, 2.75) is 58.8 Å². The van der Waals surface area contributed by atoms with E-state index in [1.165, 1.54) is 0 Å². The van der Waals surface area contributed by atoms with Gasteiger partial charge >= 0.3 is 0 Å². The van der Waals surface area contributed by atoms with Gasteiger partial charge in [0.25, 0.3) is 0 Å². The molecule has 1 aliphatic rings. The van der Waals surface area contributed by atoms with Crippen molar-refractivity contribution in [3.8, 4) is 11.5 Å². The zero-order chi connectivity index (χ0) is 15.4. The predicted molar refractivity (Wildman–Crippen MR) is 83.3 cm³/mol. The number of hydrogen-bond donors (Lipinski definition) is 1. The van der Waals surface area contributed by atoms with Crippen LogP contribution in [0.3, 0.4) is 0 Å². The van der Waals surface area contributed by atoms with Gasteiger partial charge in [0.05, 0.1) is 23.8 Å². The predicted octanol–water partition coefficient (Wildman–Crippen LogP) is 3.20. The number of rotatable bonds is 6. The zero-order valence-corrected chi connectivity index (χ0v) is 13.3. The monoisotopic (exact) mass is 291 g/mol. The highest BCUT2D eigenvalue weighted by Crippen LogP contribution is 2.28. The van der Waals surface area contributed by atoms with Crippen molar-refractivity contribution < 1.29 is 14.3 Å². The second kappa shape index (κ2) is 6.94. The van der Waals surface area contributed by atoms with Gasteiger partial charge in [-0.25, -0.2) is 0 Å². The van der Waals surface area contributed by atoms with Crippen molar-refractivity contribution in [1.82, 2.24) is 5.32 Å². The van der Waals surface area contributed by atoms with E-state index in [9.17, 15) is 4.79 Å². The van der Waals surface area contributed by atoms with E-state index in [4.69, 9.17) is 9.47 Å². The molecule has 1 aliphatic heterocycles. The van der Waals surface area contributed by atoms with Gasteiger partial charge in [0.15, 0.2) is 5.78 Å². The molecule has 1 aromatic rings. The van der Waals surface area contributed by atoms with Gasteiger partial charge in [0, 0.05) is 0 Å². The Bertz CT molecular complexity index is 491. The number of hydrogen-bond acceptors (Lipinski definition) is 4. The van der Waals surface area contributed by atoms with Gasteiger partial charge in [-0.15, -0.1) is 0 Å². The number of ketones is 1. The van der Waals surface area contributed by atoms with Gasteiger partial charge in [-0.05, 0) is 65.3 Å². The molecule has 1 atom stereocenters. The van der Waals surface area contributed by atoms with E-state index in [1.54, 1.807) is 6.07 Å². The minimum absolute atomic E-state index is 0.0324. The van der Waals surface area contributed by atoms with Crippen LogP contribution in [0.4, 0.5) is 0 Å². The minimum atomic E-state index is -0.103. The molecule has 0 aliphatic carbocycles. The highest BCUT2D eigenvalue weighted by molar-refractivity contribution is 6.03. The summed E-state index contributed by atoms with van der Waals surface area (Å²) in [4.78, 5) is 12.7. The number of benzene rings is 1. The summed E-state index contributed by atoms with van der Waals surface area (Å²) in [5.74, 6) is 1.44. The van der Waals surface area contributed by atoms with Crippen LogP contribution in [0.15, 0.2) is 18.2 Å². The molecule has 1 aromatic carbocycles. The highest BCUT2D eigenvalue weighted by Gasteiger charge is 2.26. The van der Waals surface area contributed by atoms with E-state index >= 15 is 0 Å². The fourth-order valence-corrected chi connectivity index (χ4v) is 2.50. The molecule has 1 unspecified atom stereocenters. The fourth-order valence-electron chi connectivity index (χ4n) is 2.50. The van der Waals surface area contributed by atoms with E-state index in [0.29, 0.717) is 17.1 Å². The average molecular weight is 291 g/mol. The molecule has 0 amide bonds. The van der Waals surface area contributed by atoms with Crippen LogP contribution in [-0.4, -0.2) is 30.6 Å². The Balaban J connectivity index is 2.30. The van der Waals surface area contributed by atoms with Crippen molar-refractivity contribution in [3.05, 3.63) is 23.8 Å². The van der Waals surface area contributed by atoms with E-state index < -0.39 is 0 Å². The van der Waals surface area contributed by atoms with Crippen LogP contribution < -0.4 is 14.8 Å². The van der Waals surface area contributed by atoms with Crippen LogP contribution in [0.1, 0.15) is 50.9 Å². The molecule has 2 rings (SSSR count). The van der Waals surface area contributed by atoms with Crippen LogP contribution in [0.25, 0.3) is 0 Å². The molecule has 4 heteroatoms. The van der Waals surface area contributed by atoms with Crippen molar-refractivity contribution in [1.29, 1.82) is 0 Å². The molecule has 1 fully saturated rings. The normalized spacial score (nSPS) is 18.3. The van der Waals surface area contributed by atoms with Gasteiger partial charge < -0.3 is 14.8 Å². The van der Waals surface area contributed by atoms with Crippen molar-refractivity contribution in [3.63, 3.8) is 0 Å². The Kier molecular flexibility index (Phi) is 5.23. The standard InChI is InChI=1S/C17H25NO3/c1-11(2)20-13-7-8-16(21-12(3)4)14(10-13)17(19)15-6-5-9-18-15/h7-8,10-12,15,18H,5-6,9H2,1-4H3. The lowest BCUT2D eigenvalue weighted by atomic mass is 10.0. The second-order valence-electron chi connectivity index (χ2n) is 6.00. The highest BCUT2D eigenvalue weighted by atomic mass is 16.5. The van der Waals surface area contributed by atoms with Crippen LogP contribution in [-0.2, 0) is 0 Å². The summed E-state index contributed by atoms with van der Waals surface area (Å²) >= 11 is 0. The summed E-state index contributed by atoms with van der Waals surface area (Å²) in [5.41, 5.74) is 0.612. The Morgan fingerprint density at radius 1 is 1.19 bits per heavy atom. The number of carbonyl (C=O) groups is 1. The van der Waals surface area contributed by atoms with Crippen LogP contribution >= 0.6 is 0 Å². The average Bonchev–Trinajstić information content (AvgIpc) is 2.92. The maximum absolute atomic E-state index is 12.7. The molecule has 1 heterocycles. The molecular weight excluding hydrogens is 266 g/mol. The van der Waals surface area contributed by atoms with Crippen molar-refractivity contribution in [2.24, 2.45) is 0 Å². The maximum atomic E-state index is 12.7. The topological polar surface area (TPSA) is 47.6 Å². The van der Waals surface area contributed by atoms with Gasteiger partial charge in [0.2, 0.25) is 0 Å². The largest absolute Gasteiger partial charge is 0.491 e. The first-order chi connectivity index (χ1) is 9.97.